The zero-order chi connectivity index (χ0) is 16.8. The molecule has 0 atom stereocenters. The minimum atomic E-state index is -0.970. The first-order valence-electron chi connectivity index (χ1n) is 7.56. The maximum atomic E-state index is 13.2. The molecule has 0 amide bonds. The lowest BCUT2D eigenvalue weighted by atomic mass is 9.77. The van der Waals surface area contributed by atoms with Crippen LogP contribution in [0.15, 0.2) is 36.4 Å². The third kappa shape index (κ3) is 2.94. The van der Waals surface area contributed by atoms with Gasteiger partial charge >= 0.3 is 7.12 Å². The predicted molar refractivity (Wildman–Crippen MR) is 87.3 cm³/mol. The van der Waals surface area contributed by atoms with Crippen LogP contribution in [0.5, 0.6) is 0 Å². The Hall–Kier alpha value is -1.98. The molecule has 2 aromatic carbocycles. The van der Waals surface area contributed by atoms with E-state index >= 15 is 0 Å². The van der Waals surface area contributed by atoms with Gasteiger partial charge in [0.15, 0.2) is 5.78 Å². The van der Waals surface area contributed by atoms with Crippen LogP contribution >= 0.6 is 0 Å². The minimum absolute atomic E-state index is 0.0740. The van der Waals surface area contributed by atoms with Crippen molar-refractivity contribution in [2.45, 2.75) is 32.8 Å². The first kappa shape index (κ1) is 15.9. The fourth-order valence-electron chi connectivity index (χ4n) is 3.10. The Morgan fingerprint density at radius 3 is 2.70 bits per heavy atom. The fraction of sp³-hybridized carbons (Fsp3) is 0.278. The molecule has 1 N–H and O–H groups in total. The molecule has 0 spiro atoms. The van der Waals surface area contributed by atoms with Crippen molar-refractivity contribution in [2.24, 2.45) is 0 Å². The van der Waals surface area contributed by atoms with Gasteiger partial charge in [-0.25, -0.2) is 4.39 Å². The lowest BCUT2D eigenvalue weighted by Crippen LogP contribution is -2.29. The molecule has 5 heteroatoms. The van der Waals surface area contributed by atoms with E-state index in [2.05, 4.69) is 0 Å². The first-order chi connectivity index (χ1) is 10.8. The zero-order valence-electron chi connectivity index (χ0n) is 13.4. The molecule has 118 valence electrons. The van der Waals surface area contributed by atoms with Crippen molar-refractivity contribution in [1.82, 2.24) is 0 Å². The molecule has 2 aromatic rings. The van der Waals surface area contributed by atoms with Gasteiger partial charge in [-0.15, -0.1) is 0 Å². The molecule has 0 radical (unpaired) electrons. The zero-order valence-corrected chi connectivity index (χ0v) is 13.4. The number of carbonyl (C=O) groups is 1. The number of hydrogen-bond acceptors (Lipinski definition) is 3. The molecule has 0 fully saturated rings. The molecule has 3 rings (SSSR count). The highest BCUT2D eigenvalue weighted by Gasteiger charge is 2.40. The molecule has 0 saturated carbocycles. The van der Waals surface area contributed by atoms with Crippen molar-refractivity contribution in [2.75, 3.05) is 0 Å². The van der Waals surface area contributed by atoms with Crippen molar-refractivity contribution in [1.29, 1.82) is 0 Å². The Morgan fingerprint density at radius 1 is 1.26 bits per heavy atom. The smallest absolute Gasteiger partial charge is 0.423 e. The normalized spacial score (nSPS) is 15.6. The van der Waals surface area contributed by atoms with E-state index in [1.54, 1.807) is 6.92 Å². The van der Waals surface area contributed by atoms with E-state index in [0.29, 0.717) is 16.6 Å². The van der Waals surface area contributed by atoms with Crippen LogP contribution in [0.25, 0.3) is 0 Å². The van der Waals surface area contributed by atoms with Gasteiger partial charge in [-0.3, -0.25) is 4.79 Å². The van der Waals surface area contributed by atoms with Gasteiger partial charge in [-0.2, -0.15) is 0 Å². The number of carbonyl (C=O) groups excluding carboxylic acids is 1. The molecule has 1 aliphatic rings. The fourth-order valence-corrected chi connectivity index (χ4v) is 3.10. The molecule has 0 aliphatic carbocycles. The summed E-state index contributed by atoms with van der Waals surface area (Å²) in [6.07, 6.45) is 0.201. The van der Waals surface area contributed by atoms with E-state index in [1.165, 1.54) is 18.2 Å². The average Bonchev–Trinajstić information content (AvgIpc) is 2.68. The monoisotopic (exact) mass is 312 g/mol. The van der Waals surface area contributed by atoms with Crippen molar-refractivity contribution in [3.05, 3.63) is 64.5 Å². The van der Waals surface area contributed by atoms with Crippen LogP contribution < -0.4 is 5.46 Å². The second-order valence-electron chi connectivity index (χ2n) is 6.46. The quantitative estimate of drug-likeness (QED) is 0.700. The summed E-state index contributed by atoms with van der Waals surface area (Å²) < 4.78 is 18.7. The molecule has 0 saturated heterocycles. The van der Waals surface area contributed by atoms with Crippen molar-refractivity contribution in [3.8, 4) is 0 Å². The molecular formula is C18H18BFO3. The molecule has 3 nitrogen and oxygen atoms in total. The highest BCUT2D eigenvalue weighted by atomic mass is 19.1. The van der Waals surface area contributed by atoms with Gasteiger partial charge in [-0.1, -0.05) is 18.2 Å². The largest absolute Gasteiger partial charge is 0.492 e. The Labute approximate surface area is 135 Å². The van der Waals surface area contributed by atoms with E-state index < -0.39 is 12.7 Å². The summed E-state index contributed by atoms with van der Waals surface area (Å²) in [6, 6.07) is 9.75. The Kier molecular flexibility index (Phi) is 3.86. The van der Waals surface area contributed by atoms with Gasteiger partial charge in [0.05, 0.1) is 5.60 Å². The number of aryl methyl sites for hydroxylation is 1. The summed E-state index contributed by atoms with van der Waals surface area (Å²) in [4.78, 5) is 12.4. The SMILES string of the molecule is Cc1cc(F)ccc1C(=O)Cc1ccc2c(c1)B(O)OC2(C)C. The highest BCUT2D eigenvalue weighted by molar-refractivity contribution is 6.62. The Balaban J connectivity index is 1.87. The number of fused-ring (bicyclic) bond motifs is 1. The summed E-state index contributed by atoms with van der Waals surface area (Å²) in [5, 5.41) is 10.0. The van der Waals surface area contributed by atoms with E-state index in [-0.39, 0.29) is 18.0 Å². The van der Waals surface area contributed by atoms with Gasteiger partial charge in [0, 0.05) is 12.0 Å². The van der Waals surface area contributed by atoms with Crippen LogP contribution in [-0.4, -0.2) is 17.9 Å². The summed E-state index contributed by atoms with van der Waals surface area (Å²) in [5.74, 6) is -0.422. The molecule has 23 heavy (non-hydrogen) atoms. The van der Waals surface area contributed by atoms with E-state index in [0.717, 1.165) is 11.1 Å². The van der Waals surface area contributed by atoms with Gasteiger partial charge in [0.2, 0.25) is 0 Å². The second kappa shape index (κ2) is 5.58. The van der Waals surface area contributed by atoms with Gasteiger partial charge in [0.1, 0.15) is 5.82 Å². The molecule has 0 bridgehead atoms. The summed E-state index contributed by atoms with van der Waals surface area (Å²) in [7, 11) is -0.970. The summed E-state index contributed by atoms with van der Waals surface area (Å²) in [5.41, 5.74) is 3.04. The molecule has 1 heterocycles. The van der Waals surface area contributed by atoms with E-state index in [1.807, 2.05) is 32.0 Å². The number of ketones is 1. The predicted octanol–water partition coefficient (Wildman–Crippen LogP) is 2.51. The number of Topliss-reactive ketones (excluding diaryl/α,β-unsaturated/α-hetero) is 1. The molecule has 0 aromatic heterocycles. The maximum Gasteiger partial charge on any atom is 0.492 e. The lowest BCUT2D eigenvalue weighted by Gasteiger charge is -2.19. The van der Waals surface area contributed by atoms with Gasteiger partial charge in [-0.05, 0) is 61.1 Å². The van der Waals surface area contributed by atoms with Crippen LogP contribution in [0.2, 0.25) is 0 Å². The van der Waals surface area contributed by atoms with E-state index in [4.69, 9.17) is 4.65 Å². The van der Waals surface area contributed by atoms with E-state index in [9.17, 15) is 14.2 Å². The first-order valence-corrected chi connectivity index (χ1v) is 7.56. The maximum absolute atomic E-state index is 13.2. The van der Waals surface area contributed by atoms with Crippen LogP contribution in [-0.2, 0) is 16.7 Å². The Bertz CT molecular complexity index is 786. The van der Waals surface area contributed by atoms with Crippen LogP contribution in [0.1, 0.15) is 40.9 Å². The summed E-state index contributed by atoms with van der Waals surface area (Å²) in [6.45, 7) is 5.52. The lowest BCUT2D eigenvalue weighted by molar-refractivity contribution is 0.0990. The standard InChI is InChI=1S/C18H18BFO3/c1-11-8-13(20)5-6-14(11)17(21)10-12-4-7-15-16(9-12)19(22)23-18(15,2)3/h4-9,22H,10H2,1-3H3. The Morgan fingerprint density at radius 2 is 2.00 bits per heavy atom. The van der Waals surface area contributed by atoms with Gasteiger partial charge in [0.25, 0.3) is 0 Å². The summed E-state index contributed by atoms with van der Waals surface area (Å²) >= 11 is 0. The number of halogens is 1. The average molecular weight is 312 g/mol. The van der Waals surface area contributed by atoms with Gasteiger partial charge < -0.3 is 9.68 Å². The number of rotatable bonds is 3. The topological polar surface area (TPSA) is 46.5 Å². The number of hydrogen-bond donors (Lipinski definition) is 1. The molecular weight excluding hydrogens is 294 g/mol. The third-order valence-electron chi connectivity index (χ3n) is 4.29. The minimum Gasteiger partial charge on any atom is -0.423 e. The molecule has 1 aliphatic heterocycles. The molecule has 0 unspecified atom stereocenters. The van der Waals surface area contributed by atoms with Crippen LogP contribution in [0.3, 0.4) is 0 Å². The van der Waals surface area contributed by atoms with Crippen LogP contribution in [0.4, 0.5) is 4.39 Å². The van der Waals surface area contributed by atoms with Crippen molar-refractivity contribution in [3.63, 3.8) is 0 Å². The van der Waals surface area contributed by atoms with Crippen LogP contribution in [0, 0.1) is 12.7 Å². The third-order valence-corrected chi connectivity index (χ3v) is 4.29. The number of benzene rings is 2. The van der Waals surface area contributed by atoms with Crippen molar-refractivity contribution >= 4 is 18.4 Å². The second-order valence-corrected chi connectivity index (χ2v) is 6.46. The van der Waals surface area contributed by atoms with Crippen molar-refractivity contribution < 1.29 is 18.9 Å². The highest BCUT2D eigenvalue weighted by Crippen LogP contribution is 2.30.